The molecule has 0 aliphatic rings. The summed E-state index contributed by atoms with van der Waals surface area (Å²) in [5.74, 6) is 0. The topological polar surface area (TPSA) is 120 Å². The van der Waals surface area contributed by atoms with Gasteiger partial charge in [-0.25, -0.2) is 16.4 Å². The number of aryl methyl sites for hydroxylation is 1. The van der Waals surface area contributed by atoms with Gasteiger partial charge in [0.1, 0.15) is 0 Å². The van der Waals surface area contributed by atoms with E-state index < -0.39 is 30.0 Å². The molecule has 0 aromatic heterocycles. The van der Waals surface area contributed by atoms with Crippen LogP contribution in [0.4, 0.5) is 0 Å². The Kier molecular flexibility index (Phi) is 20.6. The van der Waals surface area contributed by atoms with E-state index in [1.807, 2.05) is 12.1 Å². The van der Waals surface area contributed by atoms with Crippen LogP contribution in [0.15, 0.2) is 24.3 Å². The first kappa shape index (κ1) is 31.4. The molecule has 0 amide bonds. The predicted molar refractivity (Wildman–Crippen MR) is 141 cm³/mol. The standard InChI is InChI=1S/C24H41IO2.H4N2O2S/c1-2-3-4-5-6-7-8-9-10-11-12-13-14-15-16-17-18-23-19-21-24(22-20-23)25(26)27;1-5(2,3)4/h19-22H,2-18H2,1H3;(H4,1,2,3,4). The van der Waals surface area contributed by atoms with E-state index in [0.717, 1.165) is 6.42 Å². The van der Waals surface area contributed by atoms with Gasteiger partial charge >= 0.3 is 19.8 Å². The van der Waals surface area contributed by atoms with Gasteiger partial charge in [-0.15, -0.1) is 0 Å². The highest BCUT2D eigenvalue weighted by Crippen LogP contribution is 2.18. The van der Waals surface area contributed by atoms with Crippen molar-refractivity contribution in [2.45, 2.75) is 116 Å². The molecule has 0 spiro atoms. The lowest BCUT2D eigenvalue weighted by molar-refractivity contribution is 0.529. The van der Waals surface area contributed by atoms with Crippen molar-refractivity contribution in [3.05, 3.63) is 33.4 Å². The van der Waals surface area contributed by atoms with Gasteiger partial charge in [0.25, 0.3) is 10.2 Å². The molecular formula is C24H45IN2O4S. The maximum Gasteiger partial charge on any atom is 0.340 e. The van der Waals surface area contributed by atoms with E-state index in [2.05, 4.69) is 17.2 Å². The van der Waals surface area contributed by atoms with Gasteiger partial charge in [-0.3, -0.25) is 0 Å². The zero-order valence-corrected chi connectivity index (χ0v) is 22.9. The molecule has 4 N–H and O–H groups in total. The smallest absolute Gasteiger partial charge is 0.230 e. The number of unbranched alkanes of at least 4 members (excludes halogenated alkanes) is 15. The maximum atomic E-state index is 11.0. The molecule has 0 aliphatic carbocycles. The summed E-state index contributed by atoms with van der Waals surface area (Å²) in [7, 11) is -3.67. The summed E-state index contributed by atoms with van der Waals surface area (Å²) in [4.78, 5) is 0. The number of rotatable bonds is 18. The zero-order valence-electron chi connectivity index (χ0n) is 19.9. The third-order valence-electron chi connectivity index (χ3n) is 5.41. The van der Waals surface area contributed by atoms with Crippen LogP contribution in [0.3, 0.4) is 0 Å². The molecule has 1 rings (SSSR count). The first-order valence-electron chi connectivity index (χ1n) is 12.2. The molecular weight excluding hydrogens is 539 g/mol. The van der Waals surface area contributed by atoms with Gasteiger partial charge in [0, 0.05) is 0 Å². The first-order chi connectivity index (χ1) is 15.2. The van der Waals surface area contributed by atoms with Gasteiger partial charge in [0.05, 0.1) is 3.57 Å². The monoisotopic (exact) mass is 584 g/mol. The van der Waals surface area contributed by atoms with Gasteiger partial charge in [-0.05, 0) is 30.5 Å². The molecule has 0 fully saturated rings. The maximum absolute atomic E-state index is 11.0. The van der Waals surface area contributed by atoms with E-state index in [9.17, 15) is 14.6 Å². The Balaban J connectivity index is 0.00000172. The lowest BCUT2D eigenvalue weighted by atomic mass is 10.0. The normalized spacial score (nSPS) is 11.4. The van der Waals surface area contributed by atoms with Crippen LogP contribution in [0, 0.1) is 3.57 Å². The van der Waals surface area contributed by atoms with Crippen LogP contribution in [0.1, 0.15) is 115 Å². The van der Waals surface area contributed by atoms with Crippen LogP contribution in [-0.2, 0) is 22.8 Å². The van der Waals surface area contributed by atoms with Gasteiger partial charge in [-0.1, -0.05) is 115 Å². The van der Waals surface area contributed by atoms with E-state index in [4.69, 9.17) is 0 Å². The largest absolute Gasteiger partial charge is 0.340 e. The highest BCUT2D eigenvalue weighted by molar-refractivity contribution is 14.2. The van der Waals surface area contributed by atoms with Gasteiger partial charge in [0.2, 0.25) is 0 Å². The molecule has 1 aromatic rings. The van der Waals surface area contributed by atoms with Crippen molar-refractivity contribution < 1.29 is 14.6 Å². The summed E-state index contributed by atoms with van der Waals surface area (Å²) >= 11 is -3.28. The first-order valence-corrected chi connectivity index (χ1v) is 16.6. The second-order valence-electron chi connectivity index (χ2n) is 8.49. The Morgan fingerprint density at radius 2 is 0.938 bits per heavy atom. The van der Waals surface area contributed by atoms with Crippen LogP contribution >= 0.6 is 19.8 Å². The summed E-state index contributed by atoms with van der Waals surface area (Å²) in [6, 6.07) is 7.46. The van der Waals surface area contributed by atoms with Crippen LogP contribution in [0.5, 0.6) is 0 Å². The predicted octanol–water partition coefficient (Wildman–Crippen LogP) is 7.01. The van der Waals surface area contributed by atoms with Gasteiger partial charge < -0.3 is 0 Å². The second kappa shape index (κ2) is 21.0. The Labute approximate surface area is 203 Å². The summed E-state index contributed by atoms with van der Waals surface area (Å²) < 4.78 is 40.8. The summed E-state index contributed by atoms with van der Waals surface area (Å²) in [5.41, 5.74) is 1.27. The van der Waals surface area contributed by atoms with E-state index in [1.165, 1.54) is 108 Å². The minimum atomic E-state index is -3.67. The highest BCUT2D eigenvalue weighted by Gasteiger charge is 1.99. The molecule has 0 aliphatic heterocycles. The molecule has 8 heteroatoms. The molecule has 188 valence electrons. The minimum Gasteiger partial charge on any atom is -0.230 e. The number of hydrogen-bond acceptors (Lipinski definition) is 4. The van der Waals surface area contributed by atoms with Crippen molar-refractivity contribution in [3.8, 4) is 0 Å². The lowest BCUT2D eigenvalue weighted by Crippen LogP contribution is -2.21. The third kappa shape index (κ3) is 24.1. The SMILES string of the molecule is CCCCCCCCCCCCCCCCCCc1ccc(I(=O)=O)cc1.NS(N)(=O)=O. The van der Waals surface area contributed by atoms with Crippen molar-refractivity contribution in [2.75, 3.05) is 0 Å². The molecule has 0 bridgehead atoms. The number of hydrogen-bond donors (Lipinski definition) is 2. The van der Waals surface area contributed by atoms with E-state index in [0.29, 0.717) is 3.57 Å². The van der Waals surface area contributed by atoms with E-state index in [-0.39, 0.29) is 0 Å². The summed E-state index contributed by atoms with van der Waals surface area (Å²) in [6.45, 7) is 2.28. The Bertz CT molecular complexity index is 719. The number of nitrogens with two attached hydrogens (primary N) is 2. The van der Waals surface area contributed by atoms with Crippen molar-refractivity contribution in [2.24, 2.45) is 10.3 Å². The van der Waals surface area contributed by atoms with Gasteiger partial charge in [0.15, 0.2) is 0 Å². The average Bonchev–Trinajstić information content (AvgIpc) is 2.72. The molecule has 32 heavy (non-hydrogen) atoms. The van der Waals surface area contributed by atoms with E-state index >= 15 is 0 Å². The fourth-order valence-corrected chi connectivity index (χ4v) is 4.58. The molecule has 0 radical (unpaired) electrons. The second-order valence-corrected chi connectivity index (χ2v) is 12.2. The molecule has 0 unspecified atom stereocenters. The molecule has 0 saturated carbocycles. The zero-order chi connectivity index (χ0) is 24.1. The highest BCUT2D eigenvalue weighted by atomic mass is 127. The molecule has 1 aromatic carbocycles. The van der Waals surface area contributed by atoms with Crippen molar-refractivity contribution in [1.82, 2.24) is 0 Å². The van der Waals surface area contributed by atoms with E-state index in [1.54, 1.807) is 12.1 Å². The minimum absolute atomic E-state index is 0.509. The quantitative estimate of drug-likeness (QED) is 0.142. The van der Waals surface area contributed by atoms with Gasteiger partial charge in [-0.2, -0.15) is 8.42 Å². The summed E-state index contributed by atoms with van der Waals surface area (Å²) in [5, 5.41) is 8.21. The average molecular weight is 585 g/mol. The Hall–Kier alpha value is -0.580. The molecule has 6 nitrogen and oxygen atoms in total. The molecule has 0 saturated heterocycles. The van der Waals surface area contributed by atoms with Crippen LogP contribution in [-0.4, -0.2) is 8.42 Å². The van der Waals surface area contributed by atoms with Crippen molar-refractivity contribution in [1.29, 1.82) is 0 Å². The lowest BCUT2D eigenvalue weighted by Gasteiger charge is -2.04. The number of halogens is 1. The van der Waals surface area contributed by atoms with Crippen LogP contribution in [0.25, 0.3) is 0 Å². The van der Waals surface area contributed by atoms with Crippen LogP contribution < -0.4 is 10.3 Å². The Morgan fingerprint density at radius 3 is 1.25 bits per heavy atom. The fraction of sp³-hybridized carbons (Fsp3) is 0.750. The fourth-order valence-electron chi connectivity index (χ4n) is 3.63. The van der Waals surface area contributed by atoms with Crippen LogP contribution in [0.2, 0.25) is 0 Å². The Morgan fingerprint density at radius 1 is 0.625 bits per heavy atom. The number of benzene rings is 1. The molecule has 0 atom stereocenters. The third-order valence-corrected chi connectivity index (χ3v) is 7.15. The van der Waals surface area contributed by atoms with Crippen molar-refractivity contribution >= 4 is 30.0 Å². The van der Waals surface area contributed by atoms with Crippen molar-refractivity contribution in [3.63, 3.8) is 0 Å². The molecule has 0 heterocycles. The summed E-state index contributed by atoms with van der Waals surface area (Å²) in [6.07, 6.45) is 23.4.